The summed E-state index contributed by atoms with van der Waals surface area (Å²) in [6.45, 7) is 1.26. The maximum absolute atomic E-state index is 12.6. The van der Waals surface area contributed by atoms with Crippen molar-refractivity contribution in [3.05, 3.63) is 41.4 Å². The molecule has 1 aliphatic rings. The molecule has 1 aliphatic heterocycles. The van der Waals surface area contributed by atoms with E-state index in [2.05, 4.69) is 10.3 Å². The van der Waals surface area contributed by atoms with Crippen LogP contribution in [0.5, 0.6) is 0 Å². The molecule has 1 N–H and O–H groups in total. The minimum Gasteiger partial charge on any atom is -0.343 e. The van der Waals surface area contributed by atoms with Crippen molar-refractivity contribution in [3.63, 3.8) is 0 Å². The molecule has 1 fully saturated rings. The second-order valence-corrected chi connectivity index (χ2v) is 8.19. The largest absolute Gasteiger partial charge is 0.343 e. The summed E-state index contributed by atoms with van der Waals surface area (Å²) < 4.78 is 26.6. The molecule has 1 aromatic heterocycles. The molecule has 0 radical (unpaired) electrons. The van der Waals surface area contributed by atoms with Crippen LogP contribution in [0.2, 0.25) is 0 Å². The minimum absolute atomic E-state index is 0.123. The predicted octanol–water partition coefficient (Wildman–Crippen LogP) is 0.858. The van der Waals surface area contributed by atoms with E-state index in [0.29, 0.717) is 23.8 Å². The number of anilines is 1. The van der Waals surface area contributed by atoms with E-state index in [0.717, 1.165) is 6.41 Å². The van der Waals surface area contributed by atoms with Gasteiger partial charge in [0.2, 0.25) is 16.4 Å². The van der Waals surface area contributed by atoms with E-state index in [-0.39, 0.29) is 23.9 Å². The summed E-state index contributed by atoms with van der Waals surface area (Å²) in [5.74, 6) is -0.349. The van der Waals surface area contributed by atoms with Crippen molar-refractivity contribution in [2.45, 2.75) is 4.90 Å². The van der Waals surface area contributed by atoms with Crippen LogP contribution in [-0.4, -0.2) is 61.1 Å². The van der Waals surface area contributed by atoms with Gasteiger partial charge in [-0.2, -0.15) is 4.31 Å². The van der Waals surface area contributed by atoms with Crippen LogP contribution in [0.1, 0.15) is 10.4 Å². The Labute approximate surface area is 149 Å². The molecule has 1 saturated heterocycles. The van der Waals surface area contributed by atoms with Crippen molar-refractivity contribution < 1.29 is 18.0 Å². The Kier molecular flexibility index (Phi) is 5.11. The SMILES string of the molecule is O=CN1CCN(S(=O)(=O)c2ccc(C(=O)Nc3nccs3)cc2)CC1. The van der Waals surface area contributed by atoms with Gasteiger partial charge in [0, 0.05) is 43.3 Å². The summed E-state index contributed by atoms with van der Waals surface area (Å²) in [5.41, 5.74) is 0.347. The summed E-state index contributed by atoms with van der Waals surface area (Å²) in [4.78, 5) is 28.4. The highest BCUT2D eigenvalue weighted by molar-refractivity contribution is 7.89. The monoisotopic (exact) mass is 380 g/mol. The Balaban J connectivity index is 1.71. The van der Waals surface area contributed by atoms with Crippen molar-refractivity contribution in [2.24, 2.45) is 0 Å². The number of carbonyl (C=O) groups is 2. The molecular formula is C15H16N4O4S2. The van der Waals surface area contributed by atoms with E-state index < -0.39 is 10.0 Å². The van der Waals surface area contributed by atoms with Gasteiger partial charge in [-0.25, -0.2) is 13.4 Å². The minimum atomic E-state index is -3.64. The first-order chi connectivity index (χ1) is 12.0. The molecule has 0 atom stereocenters. The quantitative estimate of drug-likeness (QED) is 0.776. The number of hydrogen-bond donors (Lipinski definition) is 1. The first-order valence-electron chi connectivity index (χ1n) is 7.51. The molecule has 3 rings (SSSR count). The molecule has 0 saturated carbocycles. The van der Waals surface area contributed by atoms with Crippen LogP contribution in [0, 0.1) is 0 Å². The van der Waals surface area contributed by atoms with Crippen LogP contribution in [-0.2, 0) is 14.8 Å². The molecule has 2 heterocycles. The van der Waals surface area contributed by atoms with E-state index >= 15 is 0 Å². The number of hydrogen-bond acceptors (Lipinski definition) is 6. The molecule has 8 nitrogen and oxygen atoms in total. The molecule has 2 aromatic rings. The van der Waals surface area contributed by atoms with Gasteiger partial charge in [0.25, 0.3) is 5.91 Å². The zero-order valence-electron chi connectivity index (χ0n) is 13.2. The number of thiazole rings is 1. The predicted molar refractivity (Wildman–Crippen MR) is 92.9 cm³/mol. The second-order valence-electron chi connectivity index (χ2n) is 5.36. The third kappa shape index (κ3) is 3.86. The van der Waals surface area contributed by atoms with Gasteiger partial charge in [0.1, 0.15) is 0 Å². The van der Waals surface area contributed by atoms with Crippen molar-refractivity contribution in [1.82, 2.24) is 14.2 Å². The highest BCUT2D eigenvalue weighted by Gasteiger charge is 2.28. The van der Waals surface area contributed by atoms with Gasteiger partial charge >= 0.3 is 0 Å². The number of carbonyl (C=O) groups excluding carboxylic acids is 2. The lowest BCUT2D eigenvalue weighted by Gasteiger charge is -2.31. The molecule has 0 bridgehead atoms. The number of piperazine rings is 1. The van der Waals surface area contributed by atoms with Crippen molar-refractivity contribution in [2.75, 3.05) is 31.5 Å². The van der Waals surface area contributed by atoms with Crippen molar-refractivity contribution in [3.8, 4) is 0 Å². The molecule has 25 heavy (non-hydrogen) atoms. The van der Waals surface area contributed by atoms with Gasteiger partial charge in [-0.1, -0.05) is 0 Å². The number of benzene rings is 1. The highest BCUT2D eigenvalue weighted by Crippen LogP contribution is 2.19. The summed E-state index contributed by atoms with van der Waals surface area (Å²) in [6, 6.07) is 5.77. The van der Waals surface area contributed by atoms with Crippen LogP contribution in [0.3, 0.4) is 0 Å². The molecular weight excluding hydrogens is 364 g/mol. The molecule has 10 heteroatoms. The summed E-state index contributed by atoms with van der Waals surface area (Å²) in [7, 11) is -3.64. The zero-order chi connectivity index (χ0) is 17.9. The summed E-state index contributed by atoms with van der Waals surface area (Å²) >= 11 is 1.30. The van der Waals surface area contributed by atoms with Gasteiger partial charge in [-0.3, -0.25) is 14.9 Å². The maximum Gasteiger partial charge on any atom is 0.257 e. The Bertz CT molecular complexity index is 842. The number of amides is 2. The molecule has 0 unspecified atom stereocenters. The number of rotatable bonds is 5. The molecule has 0 aliphatic carbocycles. The Morgan fingerprint density at radius 1 is 1.16 bits per heavy atom. The van der Waals surface area contributed by atoms with Crippen molar-refractivity contribution >= 4 is 38.8 Å². The normalized spacial score (nSPS) is 15.8. The third-order valence-corrected chi connectivity index (χ3v) is 6.43. The smallest absolute Gasteiger partial charge is 0.257 e. The van der Waals surface area contributed by atoms with Crippen LogP contribution in [0.25, 0.3) is 0 Å². The Hall–Kier alpha value is -2.30. The Morgan fingerprint density at radius 2 is 1.84 bits per heavy atom. The lowest BCUT2D eigenvalue weighted by Crippen LogP contribution is -2.47. The summed E-state index contributed by atoms with van der Waals surface area (Å²) in [5, 5.41) is 4.87. The fraction of sp³-hybridized carbons (Fsp3) is 0.267. The average molecular weight is 380 g/mol. The van der Waals surface area contributed by atoms with Crippen LogP contribution < -0.4 is 5.32 Å². The molecule has 1 aromatic carbocycles. The first kappa shape index (κ1) is 17.5. The van der Waals surface area contributed by atoms with Crippen molar-refractivity contribution in [1.29, 1.82) is 0 Å². The fourth-order valence-electron chi connectivity index (χ4n) is 2.43. The third-order valence-electron chi connectivity index (χ3n) is 3.83. The fourth-order valence-corrected chi connectivity index (χ4v) is 4.38. The zero-order valence-corrected chi connectivity index (χ0v) is 14.8. The number of aromatic nitrogens is 1. The number of nitrogens with zero attached hydrogens (tertiary/aromatic N) is 3. The molecule has 0 spiro atoms. The van der Waals surface area contributed by atoms with E-state index in [1.807, 2.05) is 0 Å². The van der Waals surface area contributed by atoms with E-state index in [9.17, 15) is 18.0 Å². The second kappa shape index (κ2) is 7.30. The van der Waals surface area contributed by atoms with E-state index in [1.54, 1.807) is 11.6 Å². The van der Waals surface area contributed by atoms with Gasteiger partial charge in [-0.05, 0) is 24.3 Å². The van der Waals surface area contributed by atoms with Crippen LogP contribution in [0.4, 0.5) is 5.13 Å². The van der Waals surface area contributed by atoms with Gasteiger partial charge < -0.3 is 4.90 Å². The lowest BCUT2D eigenvalue weighted by molar-refractivity contribution is -0.119. The van der Waals surface area contributed by atoms with Gasteiger partial charge in [-0.15, -0.1) is 11.3 Å². The molecule has 132 valence electrons. The molecule has 2 amide bonds. The lowest BCUT2D eigenvalue weighted by atomic mass is 10.2. The van der Waals surface area contributed by atoms with Crippen LogP contribution >= 0.6 is 11.3 Å². The maximum atomic E-state index is 12.6. The van der Waals surface area contributed by atoms with Gasteiger partial charge in [0.05, 0.1) is 4.90 Å². The highest BCUT2D eigenvalue weighted by atomic mass is 32.2. The number of sulfonamides is 1. The average Bonchev–Trinajstić information content (AvgIpc) is 3.15. The first-order valence-corrected chi connectivity index (χ1v) is 9.83. The van der Waals surface area contributed by atoms with Gasteiger partial charge in [0.15, 0.2) is 5.13 Å². The standard InChI is InChI=1S/C15H16N4O4S2/c20-11-18-6-8-19(9-7-18)25(22,23)13-3-1-12(2-4-13)14(21)17-15-16-5-10-24-15/h1-5,10-11H,6-9H2,(H,16,17,21). The Morgan fingerprint density at radius 3 is 2.40 bits per heavy atom. The summed E-state index contributed by atoms with van der Waals surface area (Å²) in [6.07, 6.45) is 2.31. The van der Waals surface area contributed by atoms with Crippen LogP contribution in [0.15, 0.2) is 40.7 Å². The number of nitrogens with one attached hydrogen (secondary N) is 1. The van der Waals surface area contributed by atoms with E-state index in [1.165, 1.54) is 44.8 Å². The topological polar surface area (TPSA) is 99.7 Å². The van der Waals surface area contributed by atoms with E-state index in [4.69, 9.17) is 0 Å².